The van der Waals surface area contributed by atoms with E-state index in [1.54, 1.807) is 24.3 Å². The molecule has 7 nitrogen and oxygen atoms in total. The van der Waals surface area contributed by atoms with Gasteiger partial charge in [0.1, 0.15) is 0 Å². The molecular weight excluding hydrogens is 374 g/mol. The molecule has 0 spiro atoms. The second kappa shape index (κ2) is 7.88. The van der Waals surface area contributed by atoms with Gasteiger partial charge < -0.3 is 10.6 Å². The lowest BCUT2D eigenvalue weighted by Gasteiger charge is -2.28. The molecule has 9 heteroatoms. The first-order valence-corrected chi connectivity index (χ1v) is 10.7. The standard InChI is InChI=1S/C17H19N3O4S2/c21-16(18-12-15-4-3-10-25-15)17(22)19-13-5-7-14(8-6-13)20-9-1-2-11-26(20,23)24/h3-8,10H,1-2,9,11-12H2,(H,18,21)(H,19,22). The van der Waals surface area contributed by atoms with Gasteiger partial charge in [0.2, 0.25) is 10.0 Å². The van der Waals surface area contributed by atoms with Crippen LogP contribution in [0, 0.1) is 0 Å². The predicted molar refractivity (Wildman–Crippen MR) is 102 cm³/mol. The summed E-state index contributed by atoms with van der Waals surface area (Å²) >= 11 is 1.50. The Morgan fingerprint density at radius 1 is 1.08 bits per heavy atom. The van der Waals surface area contributed by atoms with Crippen LogP contribution in [0.4, 0.5) is 11.4 Å². The van der Waals surface area contributed by atoms with Gasteiger partial charge in [-0.15, -0.1) is 11.3 Å². The molecule has 2 N–H and O–H groups in total. The Labute approximate surface area is 156 Å². The van der Waals surface area contributed by atoms with Crippen LogP contribution in [0.25, 0.3) is 0 Å². The van der Waals surface area contributed by atoms with Crippen LogP contribution < -0.4 is 14.9 Å². The van der Waals surface area contributed by atoms with E-state index in [9.17, 15) is 18.0 Å². The lowest BCUT2D eigenvalue weighted by atomic mass is 10.2. The number of nitrogens with zero attached hydrogens (tertiary/aromatic N) is 1. The van der Waals surface area contributed by atoms with Gasteiger partial charge in [-0.3, -0.25) is 13.9 Å². The molecule has 0 atom stereocenters. The van der Waals surface area contributed by atoms with Crippen molar-refractivity contribution in [3.63, 3.8) is 0 Å². The molecule has 1 aromatic heterocycles. The molecule has 1 aliphatic heterocycles. The van der Waals surface area contributed by atoms with Crippen LogP contribution in [0.2, 0.25) is 0 Å². The predicted octanol–water partition coefficient (Wildman–Crippen LogP) is 1.93. The van der Waals surface area contributed by atoms with E-state index in [4.69, 9.17) is 0 Å². The molecular formula is C17H19N3O4S2. The van der Waals surface area contributed by atoms with Crippen molar-refractivity contribution in [3.8, 4) is 0 Å². The molecule has 0 bridgehead atoms. The monoisotopic (exact) mass is 393 g/mol. The summed E-state index contributed by atoms with van der Waals surface area (Å²) in [5.74, 6) is -1.34. The van der Waals surface area contributed by atoms with E-state index < -0.39 is 21.8 Å². The van der Waals surface area contributed by atoms with Crippen LogP contribution >= 0.6 is 11.3 Å². The fourth-order valence-electron chi connectivity index (χ4n) is 2.64. The highest BCUT2D eigenvalue weighted by Crippen LogP contribution is 2.24. The summed E-state index contributed by atoms with van der Waals surface area (Å²) in [4.78, 5) is 24.7. The lowest BCUT2D eigenvalue weighted by molar-refractivity contribution is -0.136. The van der Waals surface area contributed by atoms with Gasteiger partial charge in [0.25, 0.3) is 0 Å². The maximum atomic E-state index is 12.1. The molecule has 2 heterocycles. The third kappa shape index (κ3) is 4.41. The molecule has 138 valence electrons. The molecule has 1 saturated heterocycles. The average molecular weight is 393 g/mol. The molecule has 26 heavy (non-hydrogen) atoms. The first kappa shape index (κ1) is 18.4. The second-order valence-corrected chi connectivity index (χ2v) is 8.90. The quantitative estimate of drug-likeness (QED) is 0.776. The number of hydrogen-bond acceptors (Lipinski definition) is 5. The molecule has 1 aliphatic rings. The largest absolute Gasteiger partial charge is 0.343 e. The van der Waals surface area contributed by atoms with Crippen molar-refractivity contribution in [2.45, 2.75) is 19.4 Å². The van der Waals surface area contributed by atoms with Crippen LogP contribution in [0.3, 0.4) is 0 Å². The summed E-state index contributed by atoms with van der Waals surface area (Å²) in [6.07, 6.45) is 1.50. The Morgan fingerprint density at radius 3 is 2.50 bits per heavy atom. The minimum Gasteiger partial charge on any atom is -0.343 e. The SMILES string of the molecule is O=C(NCc1cccs1)C(=O)Nc1ccc(N2CCCCS2(=O)=O)cc1. The van der Waals surface area contributed by atoms with E-state index in [0.29, 0.717) is 30.9 Å². The van der Waals surface area contributed by atoms with E-state index >= 15 is 0 Å². The average Bonchev–Trinajstić information content (AvgIpc) is 3.14. The third-order valence-electron chi connectivity index (χ3n) is 3.97. The Kier molecular flexibility index (Phi) is 5.58. The van der Waals surface area contributed by atoms with Crippen molar-refractivity contribution in [2.24, 2.45) is 0 Å². The van der Waals surface area contributed by atoms with E-state index in [2.05, 4.69) is 10.6 Å². The fourth-order valence-corrected chi connectivity index (χ4v) is 4.92. The van der Waals surface area contributed by atoms with E-state index in [1.807, 2.05) is 17.5 Å². The van der Waals surface area contributed by atoms with Crippen LogP contribution in [0.15, 0.2) is 41.8 Å². The van der Waals surface area contributed by atoms with Crippen molar-refractivity contribution in [1.29, 1.82) is 0 Å². The van der Waals surface area contributed by atoms with Gasteiger partial charge in [0.15, 0.2) is 0 Å². The maximum absolute atomic E-state index is 12.1. The van der Waals surface area contributed by atoms with Crippen molar-refractivity contribution >= 4 is 44.5 Å². The molecule has 3 rings (SSSR count). The third-order valence-corrected chi connectivity index (χ3v) is 6.72. The lowest BCUT2D eigenvalue weighted by Crippen LogP contribution is -2.37. The molecule has 0 radical (unpaired) electrons. The van der Waals surface area contributed by atoms with Crippen LogP contribution in [0.5, 0.6) is 0 Å². The minimum atomic E-state index is -3.27. The first-order valence-electron chi connectivity index (χ1n) is 8.18. The highest BCUT2D eigenvalue weighted by molar-refractivity contribution is 7.92. The number of hydrogen-bond donors (Lipinski definition) is 2. The number of carbonyl (C=O) groups excluding carboxylic acids is 2. The normalized spacial score (nSPS) is 16.1. The summed E-state index contributed by atoms with van der Waals surface area (Å²) in [5.41, 5.74) is 0.990. The van der Waals surface area contributed by atoms with E-state index in [-0.39, 0.29) is 5.75 Å². The fraction of sp³-hybridized carbons (Fsp3) is 0.294. The van der Waals surface area contributed by atoms with Gasteiger partial charge in [-0.2, -0.15) is 0 Å². The number of sulfonamides is 1. The minimum absolute atomic E-state index is 0.149. The van der Waals surface area contributed by atoms with Gasteiger partial charge in [0, 0.05) is 17.1 Å². The molecule has 2 amide bonds. The van der Waals surface area contributed by atoms with Crippen molar-refractivity contribution in [3.05, 3.63) is 46.7 Å². The van der Waals surface area contributed by atoms with Crippen LogP contribution in [-0.2, 0) is 26.2 Å². The highest BCUT2D eigenvalue weighted by atomic mass is 32.2. The smallest absolute Gasteiger partial charge is 0.313 e. The number of rotatable bonds is 4. The van der Waals surface area contributed by atoms with Gasteiger partial charge in [-0.05, 0) is 48.6 Å². The molecule has 0 saturated carbocycles. The highest BCUT2D eigenvalue weighted by Gasteiger charge is 2.25. The Hall–Kier alpha value is -2.39. The zero-order valence-corrected chi connectivity index (χ0v) is 15.6. The molecule has 1 fully saturated rings. The molecule has 0 unspecified atom stereocenters. The summed E-state index contributed by atoms with van der Waals surface area (Å²) < 4.78 is 25.6. The number of thiophene rings is 1. The zero-order chi connectivity index (χ0) is 18.6. The van der Waals surface area contributed by atoms with Crippen LogP contribution in [0.1, 0.15) is 17.7 Å². The van der Waals surface area contributed by atoms with Crippen LogP contribution in [-0.4, -0.2) is 32.5 Å². The molecule has 1 aromatic carbocycles. The number of nitrogens with one attached hydrogen (secondary N) is 2. The van der Waals surface area contributed by atoms with E-state index in [0.717, 1.165) is 11.3 Å². The summed E-state index contributed by atoms with van der Waals surface area (Å²) in [6, 6.07) is 10.2. The second-order valence-electron chi connectivity index (χ2n) is 5.86. The molecule has 0 aliphatic carbocycles. The van der Waals surface area contributed by atoms with Crippen molar-refractivity contribution in [2.75, 3.05) is 21.9 Å². The number of amides is 2. The van der Waals surface area contributed by atoms with Gasteiger partial charge in [0.05, 0.1) is 18.0 Å². The summed E-state index contributed by atoms with van der Waals surface area (Å²) in [7, 11) is -3.27. The topological polar surface area (TPSA) is 95.6 Å². The van der Waals surface area contributed by atoms with Gasteiger partial charge in [-0.1, -0.05) is 6.07 Å². The van der Waals surface area contributed by atoms with Crippen molar-refractivity contribution < 1.29 is 18.0 Å². The first-order chi connectivity index (χ1) is 12.5. The maximum Gasteiger partial charge on any atom is 0.313 e. The summed E-state index contributed by atoms with van der Waals surface area (Å²) in [5, 5.41) is 6.95. The number of anilines is 2. The van der Waals surface area contributed by atoms with Gasteiger partial charge >= 0.3 is 11.8 Å². The number of benzene rings is 1. The Morgan fingerprint density at radius 2 is 1.85 bits per heavy atom. The zero-order valence-electron chi connectivity index (χ0n) is 14.0. The van der Waals surface area contributed by atoms with Gasteiger partial charge in [-0.25, -0.2) is 8.42 Å². The van der Waals surface area contributed by atoms with Crippen molar-refractivity contribution in [1.82, 2.24) is 5.32 Å². The summed E-state index contributed by atoms with van der Waals surface area (Å²) in [6.45, 7) is 0.759. The molecule has 2 aromatic rings. The Bertz CT molecular complexity index is 877. The Balaban J connectivity index is 1.58. The van der Waals surface area contributed by atoms with E-state index in [1.165, 1.54) is 15.6 Å². The number of carbonyl (C=O) groups is 2.